The molecule has 0 saturated heterocycles. The molecule has 4 rings (SSSR count). The van der Waals surface area contributed by atoms with Crippen molar-refractivity contribution in [2.75, 3.05) is 5.32 Å². The van der Waals surface area contributed by atoms with Crippen molar-refractivity contribution in [2.45, 2.75) is 0 Å². The van der Waals surface area contributed by atoms with Gasteiger partial charge in [0.25, 0.3) is 5.91 Å². The standard InChI is InChI=1S/C21H10Cl2FN3O2/c22-13-8-16(23)19-18(9-13)27-21(29-19)12-2-4-14(5-3-12)26-20(28)15-6-1-11(10-25)7-17(15)24/h1-9H,(H,26,28). The van der Waals surface area contributed by atoms with Gasteiger partial charge in [-0.2, -0.15) is 5.26 Å². The summed E-state index contributed by atoms with van der Waals surface area (Å²) >= 11 is 12.1. The molecule has 0 aliphatic rings. The highest BCUT2D eigenvalue weighted by molar-refractivity contribution is 6.38. The smallest absolute Gasteiger partial charge is 0.258 e. The fourth-order valence-electron chi connectivity index (χ4n) is 2.75. The van der Waals surface area contributed by atoms with Crippen LogP contribution in [0.15, 0.2) is 59.0 Å². The summed E-state index contributed by atoms with van der Waals surface area (Å²) in [6.45, 7) is 0. The van der Waals surface area contributed by atoms with Gasteiger partial charge in [-0.15, -0.1) is 0 Å². The molecule has 1 heterocycles. The van der Waals surface area contributed by atoms with Crippen LogP contribution in [0.25, 0.3) is 22.6 Å². The number of nitrogens with zero attached hydrogens (tertiary/aromatic N) is 2. The molecule has 0 fully saturated rings. The van der Waals surface area contributed by atoms with Crippen LogP contribution in [0.4, 0.5) is 10.1 Å². The molecule has 0 radical (unpaired) electrons. The summed E-state index contributed by atoms with van der Waals surface area (Å²) in [7, 11) is 0. The minimum Gasteiger partial charge on any atom is -0.435 e. The number of hydrogen-bond acceptors (Lipinski definition) is 4. The predicted octanol–water partition coefficient (Wildman–Crippen LogP) is 6.06. The third kappa shape index (κ3) is 3.79. The Labute approximate surface area is 174 Å². The Kier molecular flexibility index (Phi) is 4.93. The topological polar surface area (TPSA) is 78.9 Å². The van der Waals surface area contributed by atoms with Crippen LogP contribution in [0, 0.1) is 17.1 Å². The van der Waals surface area contributed by atoms with E-state index in [4.69, 9.17) is 32.9 Å². The molecule has 0 aliphatic heterocycles. The number of fused-ring (bicyclic) bond motifs is 1. The van der Waals surface area contributed by atoms with Gasteiger partial charge in [0.15, 0.2) is 5.58 Å². The van der Waals surface area contributed by atoms with Gasteiger partial charge >= 0.3 is 0 Å². The molecule has 5 nitrogen and oxygen atoms in total. The molecule has 0 bridgehead atoms. The number of nitrogens with one attached hydrogen (secondary N) is 1. The average molecular weight is 426 g/mol. The van der Waals surface area contributed by atoms with Crippen molar-refractivity contribution >= 4 is 45.9 Å². The van der Waals surface area contributed by atoms with Crippen LogP contribution >= 0.6 is 23.2 Å². The van der Waals surface area contributed by atoms with Crippen LogP contribution in [0.2, 0.25) is 10.0 Å². The summed E-state index contributed by atoms with van der Waals surface area (Å²) in [5, 5.41) is 12.2. The second-order valence-electron chi connectivity index (χ2n) is 6.09. The van der Waals surface area contributed by atoms with Crippen LogP contribution in [0.5, 0.6) is 0 Å². The van der Waals surface area contributed by atoms with Crippen LogP contribution in [-0.2, 0) is 0 Å². The molecule has 0 atom stereocenters. The monoisotopic (exact) mass is 425 g/mol. The number of aromatic nitrogens is 1. The first-order valence-corrected chi connectivity index (χ1v) is 9.07. The van der Waals surface area contributed by atoms with Gasteiger partial charge in [-0.05, 0) is 54.6 Å². The van der Waals surface area contributed by atoms with E-state index < -0.39 is 11.7 Å². The number of rotatable bonds is 3. The normalized spacial score (nSPS) is 10.7. The Morgan fingerprint density at radius 3 is 2.55 bits per heavy atom. The van der Waals surface area contributed by atoms with Crippen molar-refractivity contribution in [3.63, 3.8) is 0 Å². The Morgan fingerprint density at radius 2 is 1.86 bits per heavy atom. The Balaban J connectivity index is 1.56. The zero-order valence-corrected chi connectivity index (χ0v) is 16.1. The molecule has 0 saturated carbocycles. The molecular formula is C21H10Cl2FN3O2. The molecular weight excluding hydrogens is 416 g/mol. The summed E-state index contributed by atoms with van der Waals surface area (Å²) in [6.07, 6.45) is 0. The largest absolute Gasteiger partial charge is 0.435 e. The summed E-state index contributed by atoms with van der Waals surface area (Å²) in [5.41, 5.74) is 2.07. The van der Waals surface area contributed by atoms with E-state index in [9.17, 15) is 9.18 Å². The molecule has 0 unspecified atom stereocenters. The van der Waals surface area contributed by atoms with Gasteiger partial charge in [0.05, 0.1) is 22.2 Å². The van der Waals surface area contributed by atoms with E-state index in [2.05, 4.69) is 10.3 Å². The predicted molar refractivity (Wildman–Crippen MR) is 109 cm³/mol. The van der Waals surface area contributed by atoms with Gasteiger partial charge in [0, 0.05) is 16.3 Å². The van der Waals surface area contributed by atoms with Crippen LogP contribution < -0.4 is 5.32 Å². The third-order valence-corrected chi connectivity index (χ3v) is 4.64. The minimum absolute atomic E-state index is 0.142. The van der Waals surface area contributed by atoms with Gasteiger partial charge < -0.3 is 9.73 Å². The summed E-state index contributed by atoms with van der Waals surface area (Å²) in [5.74, 6) is -1.04. The lowest BCUT2D eigenvalue weighted by Crippen LogP contribution is -2.13. The van der Waals surface area contributed by atoms with Gasteiger partial charge in [-0.25, -0.2) is 9.37 Å². The molecule has 1 N–H and O–H groups in total. The van der Waals surface area contributed by atoms with E-state index in [1.807, 2.05) is 6.07 Å². The number of oxazole rings is 1. The fraction of sp³-hybridized carbons (Fsp3) is 0. The van der Waals surface area contributed by atoms with Crippen molar-refractivity contribution in [3.8, 4) is 17.5 Å². The first-order chi connectivity index (χ1) is 13.9. The van der Waals surface area contributed by atoms with Gasteiger partial charge in [0.2, 0.25) is 5.89 Å². The zero-order valence-electron chi connectivity index (χ0n) is 14.5. The second kappa shape index (κ2) is 7.55. The summed E-state index contributed by atoms with van der Waals surface area (Å²) in [6, 6.07) is 15.4. The Hall–Kier alpha value is -3.40. The average Bonchev–Trinajstić information content (AvgIpc) is 3.12. The van der Waals surface area contributed by atoms with E-state index in [1.165, 1.54) is 12.1 Å². The molecule has 3 aromatic carbocycles. The van der Waals surface area contributed by atoms with Gasteiger partial charge in [0.1, 0.15) is 11.3 Å². The number of halogens is 3. The van der Waals surface area contributed by atoms with E-state index >= 15 is 0 Å². The first-order valence-electron chi connectivity index (χ1n) is 8.31. The highest BCUT2D eigenvalue weighted by atomic mass is 35.5. The zero-order chi connectivity index (χ0) is 20.5. The quantitative estimate of drug-likeness (QED) is 0.432. The third-order valence-electron chi connectivity index (χ3n) is 4.14. The van der Waals surface area contributed by atoms with E-state index in [-0.39, 0.29) is 11.1 Å². The van der Waals surface area contributed by atoms with Crippen molar-refractivity contribution in [1.29, 1.82) is 5.26 Å². The maximum absolute atomic E-state index is 14.0. The number of carbonyl (C=O) groups excluding carboxylic acids is 1. The maximum Gasteiger partial charge on any atom is 0.258 e. The van der Waals surface area contributed by atoms with Crippen LogP contribution in [-0.4, -0.2) is 10.9 Å². The van der Waals surface area contributed by atoms with Crippen LogP contribution in [0.1, 0.15) is 15.9 Å². The number of hydrogen-bond donors (Lipinski definition) is 1. The van der Waals surface area contributed by atoms with Crippen molar-refractivity contribution in [2.24, 2.45) is 0 Å². The second-order valence-corrected chi connectivity index (χ2v) is 6.94. The van der Waals surface area contributed by atoms with E-state index in [0.29, 0.717) is 38.3 Å². The number of anilines is 1. The molecule has 1 aromatic heterocycles. The van der Waals surface area contributed by atoms with E-state index in [0.717, 1.165) is 6.07 Å². The number of amides is 1. The van der Waals surface area contributed by atoms with Gasteiger partial charge in [-0.1, -0.05) is 23.2 Å². The summed E-state index contributed by atoms with van der Waals surface area (Å²) in [4.78, 5) is 16.7. The van der Waals surface area contributed by atoms with Crippen LogP contribution in [0.3, 0.4) is 0 Å². The maximum atomic E-state index is 14.0. The number of benzene rings is 3. The van der Waals surface area contributed by atoms with Crippen molar-refractivity contribution in [3.05, 3.63) is 81.6 Å². The highest BCUT2D eigenvalue weighted by Crippen LogP contribution is 2.32. The minimum atomic E-state index is -0.764. The molecule has 0 aliphatic carbocycles. The lowest BCUT2D eigenvalue weighted by atomic mass is 10.1. The first kappa shape index (κ1) is 18.9. The SMILES string of the molecule is N#Cc1ccc(C(=O)Nc2ccc(-c3nc4cc(Cl)cc(Cl)c4o3)cc2)c(F)c1. The van der Waals surface area contributed by atoms with Crippen molar-refractivity contribution < 1.29 is 13.6 Å². The lowest BCUT2D eigenvalue weighted by molar-refractivity contribution is 0.102. The number of carbonyl (C=O) groups is 1. The molecule has 4 aromatic rings. The highest BCUT2D eigenvalue weighted by Gasteiger charge is 2.14. The fourth-order valence-corrected chi connectivity index (χ4v) is 3.27. The Morgan fingerprint density at radius 1 is 1.10 bits per heavy atom. The molecule has 142 valence electrons. The molecule has 0 spiro atoms. The van der Waals surface area contributed by atoms with Crippen molar-refractivity contribution in [1.82, 2.24) is 4.98 Å². The molecule has 29 heavy (non-hydrogen) atoms. The van der Waals surface area contributed by atoms with E-state index in [1.54, 1.807) is 36.4 Å². The molecule has 1 amide bonds. The summed E-state index contributed by atoms with van der Waals surface area (Å²) < 4.78 is 19.7. The van der Waals surface area contributed by atoms with Gasteiger partial charge in [-0.3, -0.25) is 4.79 Å². The number of nitriles is 1. The lowest BCUT2D eigenvalue weighted by Gasteiger charge is -2.07. The Bertz CT molecular complexity index is 1290. The molecule has 8 heteroatoms.